The number of nitrogens with zero attached hydrogens (tertiary/aromatic N) is 1. The van der Waals surface area contributed by atoms with Crippen molar-refractivity contribution in [3.8, 4) is 6.07 Å². The number of benzene rings is 1. The summed E-state index contributed by atoms with van der Waals surface area (Å²) in [5.41, 5.74) is 0.688. The molecule has 1 saturated carbocycles. The quantitative estimate of drug-likeness (QED) is 0.882. The maximum Gasteiger partial charge on any atom is 0.0746 e. The van der Waals surface area contributed by atoms with E-state index in [1.165, 1.54) is 0 Å². The van der Waals surface area contributed by atoms with Crippen LogP contribution < -0.4 is 5.32 Å². The van der Waals surface area contributed by atoms with Gasteiger partial charge in [0.1, 0.15) is 0 Å². The van der Waals surface area contributed by atoms with Gasteiger partial charge >= 0.3 is 0 Å². The molecule has 0 spiro atoms. The van der Waals surface area contributed by atoms with E-state index in [1.807, 2.05) is 12.1 Å². The van der Waals surface area contributed by atoms with Gasteiger partial charge in [-0.2, -0.15) is 5.26 Å². The van der Waals surface area contributed by atoms with E-state index in [0.717, 1.165) is 24.9 Å². The lowest BCUT2D eigenvalue weighted by Crippen LogP contribution is -2.35. The molecular weight excluding hydrogens is 243 g/mol. The Morgan fingerprint density at radius 2 is 1.88 bits per heavy atom. The molecule has 1 aliphatic carbocycles. The predicted molar refractivity (Wildman–Crippen MR) is 66.8 cm³/mol. The van der Waals surface area contributed by atoms with Gasteiger partial charge in [0.05, 0.1) is 11.5 Å². The van der Waals surface area contributed by atoms with Crippen molar-refractivity contribution in [2.45, 2.75) is 19.3 Å². The van der Waals surface area contributed by atoms with Gasteiger partial charge < -0.3 is 5.32 Å². The molecule has 1 aliphatic rings. The molecule has 1 fully saturated rings. The molecule has 0 radical (unpaired) electrons. The highest BCUT2D eigenvalue weighted by molar-refractivity contribution is 6.35. The fraction of sp³-hybridized carbons (Fsp3) is 0.417. The molecule has 4 heteroatoms. The Morgan fingerprint density at radius 3 is 2.31 bits per heavy atom. The maximum absolute atomic E-state index is 9.08. The lowest BCUT2D eigenvalue weighted by Gasteiger charge is -2.35. The van der Waals surface area contributed by atoms with E-state index in [9.17, 15) is 0 Å². The highest BCUT2D eigenvalue weighted by Crippen LogP contribution is 2.40. The van der Waals surface area contributed by atoms with Gasteiger partial charge in [0.15, 0.2) is 0 Å². The number of nitriles is 1. The summed E-state index contributed by atoms with van der Waals surface area (Å²) in [6, 6.07) is 7.71. The Hall–Kier alpha value is -0.910. The van der Waals surface area contributed by atoms with Crippen LogP contribution in [0.1, 0.15) is 19.3 Å². The molecule has 0 aliphatic heterocycles. The Kier molecular flexibility index (Phi) is 3.28. The molecule has 1 aromatic rings. The molecule has 0 aromatic heterocycles. The molecule has 1 aromatic carbocycles. The molecular formula is C12H12Cl2N2. The van der Waals surface area contributed by atoms with E-state index in [0.29, 0.717) is 16.6 Å². The van der Waals surface area contributed by atoms with Crippen molar-refractivity contribution in [2.24, 2.45) is 5.41 Å². The summed E-state index contributed by atoms with van der Waals surface area (Å²) in [5.74, 6) is 0. The first-order valence-electron chi connectivity index (χ1n) is 5.25. The molecule has 0 heterocycles. The largest absolute Gasteiger partial charge is 0.383 e. The summed E-state index contributed by atoms with van der Waals surface area (Å²) in [5, 5.41) is 13.5. The second kappa shape index (κ2) is 4.53. The van der Waals surface area contributed by atoms with Crippen molar-refractivity contribution >= 4 is 28.9 Å². The lowest BCUT2D eigenvalue weighted by atomic mass is 9.70. The van der Waals surface area contributed by atoms with Crippen LogP contribution in [0.3, 0.4) is 0 Å². The fourth-order valence-corrected chi connectivity index (χ4v) is 2.38. The minimum atomic E-state index is -0.186. The number of rotatable bonds is 3. The summed E-state index contributed by atoms with van der Waals surface area (Å²) < 4.78 is 0. The van der Waals surface area contributed by atoms with Crippen molar-refractivity contribution < 1.29 is 0 Å². The topological polar surface area (TPSA) is 35.8 Å². The van der Waals surface area contributed by atoms with E-state index in [1.54, 1.807) is 6.07 Å². The van der Waals surface area contributed by atoms with Gasteiger partial charge in [0, 0.05) is 22.3 Å². The van der Waals surface area contributed by atoms with Crippen molar-refractivity contribution in [3.05, 3.63) is 28.2 Å². The van der Waals surface area contributed by atoms with Crippen LogP contribution in [0.15, 0.2) is 18.2 Å². The number of halogens is 2. The average molecular weight is 255 g/mol. The molecule has 0 amide bonds. The molecule has 0 bridgehead atoms. The second-order valence-electron chi connectivity index (χ2n) is 4.26. The fourth-order valence-electron chi connectivity index (χ4n) is 1.86. The van der Waals surface area contributed by atoms with Crippen LogP contribution in [-0.4, -0.2) is 6.54 Å². The summed E-state index contributed by atoms with van der Waals surface area (Å²) in [6.45, 7) is 0.667. The summed E-state index contributed by atoms with van der Waals surface area (Å²) in [6.07, 6.45) is 3.10. The third-order valence-corrected chi connectivity index (χ3v) is 3.48. The molecule has 1 N–H and O–H groups in total. The smallest absolute Gasteiger partial charge is 0.0746 e. The number of hydrogen-bond acceptors (Lipinski definition) is 2. The normalized spacial score (nSPS) is 17.3. The number of nitrogens with one attached hydrogen (secondary N) is 1. The lowest BCUT2D eigenvalue weighted by molar-refractivity contribution is 0.233. The SMILES string of the molecule is N#CC1(CNc2cc(Cl)cc(Cl)c2)CCC1. The Balaban J connectivity index is 2.02. The zero-order chi connectivity index (χ0) is 11.6. The predicted octanol–water partition coefficient (Wildman–Crippen LogP) is 4.10. The van der Waals surface area contributed by atoms with Gasteiger partial charge in [-0.25, -0.2) is 0 Å². The Labute approximate surface area is 105 Å². The van der Waals surface area contributed by atoms with E-state index < -0.39 is 0 Å². The minimum Gasteiger partial charge on any atom is -0.383 e. The van der Waals surface area contributed by atoms with Gasteiger partial charge in [-0.15, -0.1) is 0 Å². The Morgan fingerprint density at radius 1 is 1.25 bits per heavy atom. The van der Waals surface area contributed by atoms with Crippen molar-refractivity contribution in [2.75, 3.05) is 11.9 Å². The third-order valence-electron chi connectivity index (χ3n) is 3.04. The van der Waals surface area contributed by atoms with Crippen molar-refractivity contribution in [1.29, 1.82) is 5.26 Å². The maximum atomic E-state index is 9.08. The minimum absolute atomic E-state index is 0.186. The summed E-state index contributed by atoms with van der Waals surface area (Å²) >= 11 is 11.8. The van der Waals surface area contributed by atoms with E-state index in [-0.39, 0.29) is 5.41 Å². The van der Waals surface area contributed by atoms with Gasteiger partial charge in [0.2, 0.25) is 0 Å². The van der Waals surface area contributed by atoms with E-state index in [4.69, 9.17) is 28.5 Å². The molecule has 84 valence electrons. The van der Waals surface area contributed by atoms with Crippen LogP contribution >= 0.6 is 23.2 Å². The standard InChI is InChI=1S/C12H12Cl2N2/c13-9-4-10(14)6-11(5-9)16-8-12(7-15)2-1-3-12/h4-6,16H,1-3,8H2. The first-order valence-corrected chi connectivity index (χ1v) is 6.00. The van der Waals surface area contributed by atoms with Crippen LogP contribution in [-0.2, 0) is 0 Å². The molecule has 2 nitrogen and oxygen atoms in total. The zero-order valence-electron chi connectivity index (χ0n) is 8.76. The molecule has 0 unspecified atom stereocenters. The first-order chi connectivity index (χ1) is 7.63. The van der Waals surface area contributed by atoms with Crippen LogP contribution in [0.25, 0.3) is 0 Å². The molecule has 0 saturated heterocycles. The number of anilines is 1. The van der Waals surface area contributed by atoms with Crippen LogP contribution in [0.5, 0.6) is 0 Å². The zero-order valence-corrected chi connectivity index (χ0v) is 10.3. The van der Waals surface area contributed by atoms with E-state index in [2.05, 4.69) is 11.4 Å². The second-order valence-corrected chi connectivity index (χ2v) is 5.13. The van der Waals surface area contributed by atoms with E-state index >= 15 is 0 Å². The number of hydrogen-bond donors (Lipinski definition) is 1. The van der Waals surface area contributed by atoms with Crippen LogP contribution in [0.4, 0.5) is 5.69 Å². The monoisotopic (exact) mass is 254 g/mol. The third kappa shape index (κ3) is 2.42. The molecule has 2 rings (SSSR count). The highest BCUT2D eigenvalue weighted by atomic mass is 35.5. The average Bonchev–Trinajstić information content (AvgIpc) is 2.15. The highest BCUT2D eigenvalue weighted by Gasteiger charge is 2.36. The first kappa shape index (κ1) is 11.6. The van der Waals surface area contributed by atoms with Gasteiger partial charge in [-0.1, -0.05) is 29.6 Å². The van der Waals surface area contributed by atoms with Crippen molar-refractivity contribution in [1.82, 2.24) is 0 Å². The Bertz CT molecular complexity index is 413. The van der Waals surface area contributed by atoms with Crippen molar-refractivity contribution in [3.63, 3.8) is 0 Å². The van der Waals surface area contributed by atoms with Gasteiger partial charge in [-0.05, 0) is 31.0 Å². The van der Waals surface area contributed by atoms with Crippen LogP contribution in [0, 0.1) is 16.7 Å². The van der Waals surface area contributed by atoms with Crippen LogP contribution in [0.2, 0.25) is 10.0 Å². The van der Waals surface area contributed by atoms with Gasteiger partial charge in [-0.3, -0.25) is 0 Å². The molecule has 0 atom stereocenters. The summed E-state index contributed by atoms with van der Waals surface area (Å²) in [7, 11) is 0. The summed E-state index contributed by atoms with van der Waals surface area (Å²) in [4.78, 5) is 0. The van der Waals surface area contributed by atoms with Gasteiger partial charge in [0.25, 0.3) is 0 Å². The molecule has 16 heavy (non-hydrogen) atoms.